The Morgan fingerprint density at radius 1 is 1.24 bits per heavy atom. The summed E-state index contributed by atoms with van der Waals surface area (Å²) in [4.78, 5) is 11.5. The van der Waals surface area contributed by atoms with Crippen LogP contribution in [-0.2, 0) is 9.78 Å². The van der Waals surface area contributed by atoms with E-state index >= 15 is 0 Å². The largest absolute Gasteiger partial charge is 0.225 e. The zero-order valence-corrected chi connectivity index (χ0v) is 11.5. The first kappa shape index (κ1) is 11.7. The summed E-state index contributed by atoms with van der Waals surface area (Å²) < 4.78 is 0. The van der Waals surface area contributed by atoms with Crippen molar-refractivity contribution in [3.05, 3.63) is 11.6 Å². The minimum atomic E-state index is -0.165. The Morgan fingerprint density at radius 3 is 2.59 bits per heavy atom. The summed E-state index contributed by atoms with van der Waals surface area (Å²) in [5.74, 6) is 1.99. The van der Waals surface area contributed by atoms with Crippen LogP contribution in [-0.4, -0.2) is 11.2 Å². The molecule has 4 atom stereocenters. The van der Waals surface area contributed by atoms with Gasteiger partial charge >= 0.3 is 0 Å². The molecule has 17 heavy (non-hydrogen) atoms. The Labute approximate surface area is 104 Å². The highest BCUT2D eigenvalue weighted by molar-refractivity contribution is 5.32. The van der Waals surface area contributed by atoms with E-state index in [-0.39, 0.29) is 11.2 Å². The van der Waals surface area contributed by atoms with Crippen LogP contribution in [0.4, 0.5) is 0 Å². The highest BCUT2D eigenvalue weighted by atomic mass is 17.2. The smallest absolute Gasteiger partial charge is 0.128 e. The molecular formula is C15H24O2. The average Bonchev–Trinajstić information content (AvgIpc) is 2.28. The number of rotatable bonds is 1. The maximum absolute atomic E-state index is 5.90. The molecule has 0 amide bonds. The Morgan fingerprint density at radius 2 is 2.00 bits per heavy atom. The molecule has 1 saturated heterocycles. The van der Waals surface area contributed by atoms with Gasteiger partial charge in [0, 0.05) is 0 Å². The predicted octanol–water partition coefficient (Wildman–Crippen LogP) is 3.87. The van der Waals surface area contributed by atoms with E-state index in [1.54, 1.807) is 5.57 Å². The zero-order chi connectivity index (χ0) is 12.3. The van der Waals surface area contributed by atoms with Crippen molar-refractivity contribution in [2.75, 3.05) is 0 Å². The summed E-state index contributed by atoms with van der Waals surface area (Å²) in [5.41, 5.74) is 1.29. The van der Waals surface area contributed by atoms with E-state index in [1.165, 1.54) is 12.8 Å². The van der Waals surface area contributed by atoms with Gasteiger partial charge in [-0.3, -0.25) is 0 Å². The van der Waals surface area contributed by atoms with E-state index in [0.717, 1.165) is 12.8 Å². The molecule has 2 aliphatic heterocycles. The molecule has 0 N–H and O–H groups in total. The minimum Gasteiger partial charge on any atom is -0.225 e. The van der Waals surface area contributed by atoms with Crippen LogP contribution in [0.2, 0.25) is 0 Å². The lowest BCUT2D eigenvalue weighted by Gasteiger charge is -2.56. The van der Waals surface area contributed by atoms with Crippen LogP contribution >= 0.6 is 0 Å². The number of fused-ring (bicyclic) bond motifs is 2. The second-order valence-electron chi connectivity index (χ2n) is 6.80. The molecule has 2 bridgehead atoms. The van der Waals surface area contributed by atoms with Crippen LogP contribution in [0.3, 0.4) is 0 Å². The average molecular weight is 236 g/mol. The van der Waals surface area contributed by atoms with Gasteiger partial charge in [-0.2, -0.15) is 0 Å². The molecule has 2 unspecified atom stereocenters. The Kier molecular flexibility index (Phi) is 2.47. The summed E-state index contributed by atoms with van der Waals surface area (Å²) in [6.07, 6.45) is 7.21. The second kappa shape index (κ2) is 3.58. The molecule has 2 nitrogen and oxygen atoms in total. The fourth-order valence-electron chi connectivity index (χ4n) is 3.97. The highest BCUT2D eigenvalue weighted by Gasteiger charge is 2.56. The van der Waals surface area contributed by atoms with E-state index in [1.807, 2.05) is 0 Å². The normalized spacial score (nSPS) is 49.1. The molecule has 2 heteroatoms. The lowest BCUT2D eigenvalue weighted by atomic mass is 9.59. The van der Waals surface area contributed by atoms with Gasteiger partial charge < -0.3 is 0 Å². The van der Waals surface area contributed by atoms with E-state index in [9.17, 15) is 0 Å². The van der Waals surface area contributed by atoms with Gasteiger partial charge in [0.2, 0.25) is 0 Å². The predicted molar refractivity (Wildman–Crippen MR) is 67.3 cm³/mol. The molecule has 0 aromatic carbocycles. The lowest BCUT2D eigenvalue weighted by molar-refractivity contribution is -0.439. The maximum atomic E-state index is 5.90. The van der Waals surface area contributed by atoms with E-state index in [0.29, 0.717) is 17.8 Å². The molecule has 4 aliphatic rings. The van der Waals surface area contributed by atoms with Crippen LogP contribution in [0, 0.1) is 17.8 Å². The van der Waals surface area contributed by atoms with Crippen molar-refractivity contribution in [1.82, 2.24) is 0 Å². The number of hydrogen-bond acceptors (Lipinski definition) is 2. The van der Waals surface area contributed by atoms with Gasteiger partial charge in [-0.25, -0.2) is 9.78 Å². The van der Waals surface area contributed by atoms with Crippen molar-refractivity contribution < 1.29 is 9.78 Å². The SMILES string of the molecule is CC(C)[C@H]1CC[C@H](C)C23CCC(C)(C=C12)OO3. The van der Waals surface area contributed by atoms with Gasteiger partial charge in [-0.1, -0.05) is 20.8 Å². The third-order valence-electron chi connectivity index (χ3n) is 5.23. The Hall–Kier alpha value is -0.340. The van der Waals surface area contributed by atoms with E-state index in [2.05, 4.69) is 33.8 Å². The highest BCUT2D eigenvalue weighted by Crippen LogP contribution is 2.56. The van der Waals surface area contributed by atoms with Gasteiger partial charge in [-0.05, 0) is 62.0 Å². The maximum Gasteiger partial charge on any atom is 0.128 e. The topological polar surface area (TPSA) is 18.5 Å². The molecule has 0 radical (unpaired) electrons. The van der Waals surface area contributed by atoms with Gasteiger partial charge in [0.15, 0.2) is 0 Å². The van der Waals surface area contributed by atoms with Crippen molar-refractivity contribution in [2.45, 2.75) is 64.6 Å². The van der Waals surface area contributed by atoms with Gasteiger partial charge in [-0.15, -0.1) is 0 Å². The van der Waals surface area contributed by atoms with Crippen LogP contribution < -0.4 is 0 Å². The Balaban J connectivity index is 2.06. The fourth-order valence-corrected chi connectivity index (χ4v) is 3.97. The standard InChI is InChI=1S/C15H24O2/c1-10(2)12-6-5-11(3)15-8-7-14(4,16-17-15)9-13(12)15/h9-12H,5-8H2,1-4H3/t11-,12+,14?,15?/m0/s1. The third kappa shape index (κ3) is 1.53. The molecule has 4 rings (SSSR count). The molecule has 96 valence electrons. The van der Waals surface area contributed by atoms with Crippen molar-refractivity contribution in [3.8, 4) is 0 Å². The Bertz CT molecular complexity index is 348. The van der Waals surface area contributed by atoms with Crippen LogP contribution in [0.5, 0.6) is 0 Å². The molecule has 1 saturated carbocycles. The zero-order valence-electron chi connectivity index (χ0n) is 11.5. The molecule has 2 heterocycles. The summed E-state index contributed by atoms with van der Waals surface area (Å²) in [6, 6.07) is 0. The summed E-state index contributed by atoms with van der Waals surface area (Å²) in [6.45, 7) is 9.14. The number of hydrogen-bond donors (Lipinski definition) is 0. The molecule has 0 aromatic heterocycles. The van der Waals surface area contributed by atoms with E-state index in [4.69, 9.17) is 9.78 Å². The van der Waals surface area contributed by atoms with Crippen molar-refractivity contribution in [1.29, 1.82) is 0 Å². The molecule has 0 aromatic rings. The summed E-state index contributed by atoms with van der Waals surface area (Å²) in [7, 11) is 0. The van der Waals surface area contributed by atoms with Crippen molar-refractivity contribution in [3.63, 3.8) is 0 Å². The van der Waals surface area contributed by atoms with Gasteiger partial charge in [0.05, 0.1) is 0 Å². The van der Waals surface area contributed by atoms with Gasteiger partial charge in [0.1, 0.15) is 11.2 Å². The lowest BCUT2D eigenvalue weighted by Crippen LogP contribution is -2.58. The van der Waals surface area contributed by atoms with E-state index < -0.39 is 0 Å². The molecule has 2 aliphatic carbocycles. The van der Waals surface area contributed by atoms with Crippen molar-refractivity contribution in [2.24, 2.45) is 17.8 Å². The monoisotopic (exact) mass is 236 g/mol. The summed E-state index contributed by atoms with van der Waals surface area (Å²) in [5, 5.41) is 0. The third-order valence-corrected chi connectivity index (χ3v) is 5.23. The molecular weight excluding hydrogens is 212 g/mol. The minimum absolute atomic E-state index is 0.0923. The molecule has 2 fully saturated rings. The first-order valence-electron chi connectivity index (χ1n) is 7.07. The first-order valence-corrected chi connectivity index (χ1v) is 7.07. The second-order valence-corrected chi connectivity index (χ2v) is 6.80. The van der Waals surface area contributed by atoms with Crippen LogP contribution in [0.25, 0.3) is 0 Å². The quantitative estimate of drug-likeness (QED) is 0.508. The first-order chi connectivity index (χ1) is 7.97. The van der Waals surface area contributed by atoms with Crippen molar-refractivity contribution >= 4 is 0 Å². The van der Waals surface area contributed by atoms with Crippen LogP contribution in [0.1, 0.15) is 53.4 Å². The van der Waals surface area contributed by atoms with Gasteiger partial charge in [0.25, 0.3) is 0 Å². The summed E-state index contributed by atoms with van der Waals surface area (Å²) >= 11 is 0. The van der Waals surface area contributed by atoms with Crippen LogP contribution in [0.15, 0.2) is 11.6 Å². The molecule has 1 spiro atoms. The fraction of sp³-hybridized carbons (Fsp3) is 0.867.